The van der Waals surface area contributed by atoms with Crippen molar-refractivity contribution in [3.05, 3.63) is 83.3 Å². The van der Waals surface area contributed by atoms with Gasteiger partial charge in [-0.15, -0.1) is 0 Å². The molecule has 1 N–H and O–H groups in total. The van der Waals surface area contributed by atoms with E-state index < -0.39 is 0 Å². The van der Waals surface area contributed by atoms with Gasteiger partial charge in [0.15, 0.2) is 0 Å². The van der Waals surface area contributed by atoms with Gasteiger partial charge in [0.05, 0.1) is 11.3 Å². The second-order valence-corrected chi connectivity index (χ2v) is 5.40. The van der Waals surface area contributed by atoms with Crippen molar-refractivity contribution in [1.82, 2.24) is 9.97 Å². The van der Waals surface area contributed by atoms with E-state index in [1.54, 1.807) is 12.1 Å². The highest BCUT2D eigenvalue weighted by atomic mass is 16.3. The molecule has 0 saturated carbocycles. The number of furan rings is 1. The number of hydrogen-bond donors (Lipinski definition) is 1. The number of aliphatic hydroxyl groups excluding tert-OH is 1. The largest absolute Gasteiger partial charge is 0.507 e. The minimum Gasteiger partial charge on any atom is -0.507 e. The lowest BCUT2D eigenvalue weighted by atomic mass is 10.1. The van der Waals surface area contributed by atoms with Crippen molar-refractivity contribution >= 4 is 11.8 Å². The lowest BCUT2D eigenvalue weighted by Crippen LogP contribution is -1.96. The summed E-state index contributed by atoms with van der Waals surface area (Å²) >= 11 is 0. The zero-order valence-corrected chi connectivity index (χ0v) is 12.9. The summed E-state index contributed by atoms with van der Waals surface area (Å²) in [5.74, 6) is 0.890. The molecular weight excluding hydrogens is 288 g/mol. The molecule has 0 aliphatic carbocycles. The number of hydrogen-bond acceptors (Lipinski definition) is 4. The molecule has 0 saturated heterocycles. The lowest BCUT2D eigenvalue weighted by Gasteiger charge is -2.02. The number of aliphatic hydroxyl groups is 1. The third-order valence-corrected chi connectivity index (χ3v) is 3.57. The zero-order valence-electron chi connectivity index (χ0n) is 12.9. The van der Waals surface area contributed by atoms with Gasteiger partial charge in [0.1, 0.15) is 24.1 Å². The molecule has 4 heteroatoms. The van der Waals surface area contributed by atoms with E-state index in [1.807, 2.05) is 31.2 Å². The van der Waals surface area contributed by atoms with E-state index in [-0.39, 0.29) is 5.76 Å². The van der Waals surface area contributed by atoms with Gasteiger partial charge in [0.25, 0.3) is 0 Å². The first-order valence-corrected chi connectivity index (χ1v) is 7.52. The number of benzene rings is 1. The second kappa shape index (κ2) is 6.92. The molecular formula is C19H18N2O2. The smallest absolute Gasteiger partial charge is 0.128 e. The molecule has 1 aromatic carbocycles. The molecule has 0 spiro atoms. The first-order chi connectivity index (χ1) is 11.2. The van der Waals surface area contributed by atoms with Crippen LogP contribution >= 0.6 is 0 Å². The Morgan fingerprint density at radius 2 is 1.96 bits per heavy atom. The highest BCUT2D eigenvalue weighted by Crippen LogP contribution is 2.17. The second-order valence-electron chi connectivity index (χ2n) is 5.40. The molecule has 116 valence electrons. The van der Waals surface area contributed by atoms with Crippen molar-refractivity contribution in [2.45, 2.75) is 19.8 Å². The molecule has 0 radical (unpaired) electrons. The van der Waals surface area contributed by atoms with Crippen molar-refractivity contribution in [2.24, 2.45) is 0 Å². The van der Waals surface area contributed by atoms with Gasteiger partial charge in [-0.05, 0) is 37.5 Å². The van der Waals surface area contributed by atoms with Crippen LogP contribution in [0.2, 0.25) is 0 Å². The zero-order chi connectivity index (χ0) is 16.1. The fourth-order valence-corrected chi connectivity index (χ4v) is 2.35. The van der Waals surface area contributed by atoms with Gasteiger partial charge in [-0.1, -0.05) is 30.3 Å². The summed E-state index contributed by atoms with van der Waals surface area (Å²) in [7, 11) is 0. The normalized spacial score (nSPS) is 11.6. The van der Waals surface area contributed by atoms with Gasteiger partial charge >= 0.3 is 0 Å². The van der Waals surface area contributed by atoms with Crippen LogP contribution in [0.5, 0.6) is 0 Å². The Morgan fingerprint density at radius 1 is 1.13 bits per heavy atom. The third-order valence-electron chi connectivity index (χ3n) is 3.57. The van der Waals surface area contributed by atoms with Crippen LogP contribution in [0.25, 0.3) is 11.8 Å². The summed E-state index contributed by atoms with van der Waals surface area (Å²) in [6.45, 7) is 1.84. The van der Waals surface area contributed by atoms with Crippen LogP contribution in [0.1, 0.15) is 28.3 Å². The van der Waals surface area contributed by atoms with Crippen molar-refractivity contribution in [3.63, 3.8) is 0 Å². The molecule has 3 aromatic rings. The number of aryl methyl sites for hydroxylation is 3. The van der Waals surface area contributed by atoms with Crippen molar-refractivity contribution in [3.8, 4) is 0 Å². The van der Waals surface area contributed by atoms with E-state index in [4.69, 9.17) is 4.42 Å². The van der Waals surface area contributed by atoms with Crippen LogP contribution in [0, 0.1) is 6.92 Å². The Labute approximate surface area is 135 Å². The molecule has 4 nitrogen and oxygen atoms in total. The quantitative estimate of drug-likeness (QED) is 0.717. The third kappa shape index (κ3) is 4.07. The van der Waals surface area contributed by atoms with E-state index in [0.29, 0.717) is 11.3 Å². The summed E-state index contributed by atoms with van der Waals surface area (Å²) in [5, 5.41) is 10.1. The van der Waals surface area contributed by atoms with Crippen LogP contribution in [0.15, 0.2) is 59.5 Å². The SMILES string of the molecule is Cc1cc(/C(O)=C\c2cc(CCc3ccccc3)ncn2)co1. The van der Waals surface area contributed by atoms with Crippen LogP contribution in [0.4, 0.5) is 0 Å². The lowest BCUT2D eigenvalue weighted by molar-refractivity contribution is 0.507. The summed E-state index contributed by atoms with van der Waals surface area (Å²) in [5.41, 5.74) is 3.55. The summed E-state index contributed by atoms with van der Waals surface area (Å²) in [4.78, 5) is 8.49. The van der Waals surface area contributed by atoms with Crippen LogP contribution in [0.3, 0.4) is 0 Å². The Hall–Kier alpha value is -2.88. The van der Waals surface area contributed by atoms with E-state index in [9.17, 15) is 5.11 Å². The van der Waals surface area contributed by atoms with Crippen molar-refractivity contribution < 1.29 is 9.52 Å². The van der Waals surface area contributed by atoms with Gasteiger partial charge in [-0.25, -0.2) is 9.97 Å². The van der Waals surface area contributed by atoms with Gasteiger partial charge in [-0.3, -0.25) is 0 Å². The van der Waals surface area contributed by atoms with Crippen LogP contribution in [-0.2, 0) is 12.8 Å². The maximum Gasteiger partial charge on any atom is 0.128 e. The first-order valence-electron chi connectivity index (χ1n) is 7.52. The van der Waals surface area contributed by atoms with Gasteiger partial charge in [0, 0.05) is 11.8 Å². The van der Waals surface area contributed by atoms with E-state index in [1.165, 1.54) is 18.2 Å². The van der Waals surface area contributed by atoms with E-state index in [0.717, 1.165) is 24.3 Å². The minimum absolute atomic E-state index is 0.134. The fraction of sp³-hybridized carbons (Fsp3) is 0.158. The number of nitrogens with zero attached hydrogens (tertiary/aromatic N) is 2. The van der Waals surface area contributed by atoms with Crippen LogP contribution in [-0.4, -0.2) is 15.1 Å². The average Bonchev–Trinajstić information content (AvgIpc) is 3.01. The molecule has 0 aliphatic heterocycles. The van der Waals surface area contributed by atoms with Gasteiger partial charge < -0.3 is 9.52 Å². The van der Waals surface area contributed by atoms with Crippen LogP contribution < -0.4 is 0 Å². The predicted molar refractivity (Wildman–Crippen MR) is 89.8 cm³/mol. The molecule has 23 heavy (non-hydrogen) atoms. The van der Waals surface area contributed by atoms with Gasteiger partial charge in [-0.2, -0.15) is 0 Å². The summed E-state index contributed by atoms with van der Waals surface area (Å²) < 4.78 is 5.20. The highest BCUT2D eigenvalue weighted by molar-refractivity contribution is 5.74. The molecule has 0 amide bonds. The maximum atomic E-state index is 10.1. The Kier molecular flexibility index (Phi) is 4.52. The fourth-order valence-electron chi connectivity index (χ4n) is 2.35. The molecule has 0 atom stereocenters. The molecule has 0 bridgehead atoms. The molecule has 0 aliphatic rings. The van der Waals surface area contributed by atoms with Gasteiger partial charge in [0.2, 0.25) is 0 Å². The van der Waals surface area contributed by atoms with Crippen molar-refractivity contribution in [1.29, 1.82) is 0 Å². The Bertz CT molecular complexity index is 807. The predicted octanol–water partition coefficient (Wildman–Crippen LogP) is 4.22. The monoisotopic (exact) mass is 306 g/mol. The molecule has 3 rings (SSSR count). The Balaban J connectivity index is 1.72. The average molecular weight is 306 g/mol. The highest BCUT2D eigenvalue weighted by Gasteiger charge is 2.05. The van der Waals surface area contributed by atoms with E-state index in [2.05, 4.69) is 22.1 Å². The summed E-state index contributed by atoms with van der Waals surface area (Å²) in [6.07, 6.45) is 6.43. The Morgan fingerprint density at radius 3 is 2.70 bits per heavy atom. The minimum atomic E-state index is 0.134. The van der Waals surface area contributed by atoms with Crippen molar-refractivity contribution in [2.75, 3.05) is 0 Å². The summed E-state index contributed by atoms with van der Waals surface area (Å²) in [6, 6.07) is 14.0. The maximum absolute atomic E-state index is 10.1. The molecule has 0 unspecified atom stereocenters. The molecule has 2 aromatic heterocycles. The standard InChI is InChI=1S/C19H18N2O2/c1-14-9-16(12-23-14)19(22)11-18-10-17(20-13-21-18)8-7-15-5-3-2-4-6-15/h2-6,9-13,22H,7-8H2,1H3/b19-11+. The molecule has 0 fully saturated rings. The topological polar surface area (TPSA) is 59.2 Å². The number of rotatable bonds is 5. The molecule has 2 heterocycles. The number of aromatic nitrogens is 2. The first kappa shape index (κ1) is 15.0. The van der Waals surface area contributed by atoms with E-state index >= 15 is 0 Å².